The Morgan fingerprint density at radius 1 is 1.22 bits per heavy atom. The minimum Gasteiger partial charge on any atom is -0.206 e. The van der Waals surface area contributed by atoms with Gasteiger partial charge in [0.05, 0.1) is 3.79 Å². The van der Waals surface area contributed by atoms with E-state index in [9.17, 15) is 8.42 Å². The van der Waals surface area contributed by atoms with Crippen LogP contribution in [-0.2, 0) is 10.0 Å². The van der Waals surface area contributed by atoms with E-state index in [0.29, 0.717) is 16.7 Å². The van der Waals surface area contributed by atoms with E-state index in [-0.39, 0.29) is 6.04 Å². The Morgan fingerprint density at radius 2 is 2.00 bits per heavy atom. The molecule has 1 saturated carbocycles. The van der Waals surface area contributed by atoms with Gasteiger partial charge in [-0.05, 0) is 53.2 Å². The Hall–Kier alpha value is 0.0900. The van der Waals surface area contributed by atoms with Crippen LogP contribution in [0.25, 0.3) is 0 Å². The van der Waals surface area contributed by atoms with Gasteiger partial charge in [-0.3, -0.25) is 0 Å². The summed E-state index contributed by atoms with van der Waals surface area (Å²) in [6.07, 6.45) is 5.71. The predicted molar refractivity (Wildman–Crippen MR) is 76.3 cm³/mol. The monoisotopic (exact) mass is 349 g/mol. The Balaban J connectivity index is 1.90. The quantitative estimate of drug-likeness (QED) is 0.819. The maximum absolute atomic E-state index is 12.6. The highest BCUT2D eigenvalue weighted by atomic mass is 79.9. The second-order valence-electron chi connectivity index (χ2n) is 5.07. The lowest BCUT2D eigenvalue weighted by molar-refractivity contribution is 0.260. The second kappa shape index (κ2) is 4.89. The van der Waals surface area contributed by atoms with Crippen LogP contribution in [0.2, 0.25) is 0 Å². The van der Waals surface area contributed by atoms with Gasteiger partial charge in [-0.1, -0.05) is 12.8 Å². The Labute approximate surface area is 120 Å². The van der Waals surface area contributed by atoms with Gasteiger partial charge in [0.15, 0.2) is 0 Å². The van der Waals surface area contributed by atoms with Crippen LogP contribution in [0.5, 0.6) is 0 Å². The van der Waals surface area contributed by atoms with E-state index in [1.165, 1.54) is 30.6 Å². The second-order valence-corrected chi connectivity index (χ2v) is 9.66. The zero-order valence-electron chi connectivity index (χ0n) is 10.0. The van der Waals surface area contributed by atoms with Gasteiger partial charge in [0.25, 0.3) is 10.0 Å². The molecule has 0 spiro atoms. The number of halogens is 1. The topological polar surface area (TPSA) is 37.4 Å². The van der Waals surface area contributed by atoms with Crippen molar-refractivity contribution in [2.45, 2.75) is 42.4 Å². The first kappa shape index (κ1) is 13.1. The van der Waals surface area contributed by atoms with Crippen LogP contribution in [0.1, 0.15) is 32.1 Å². The maximum Gasteiger partial charge on any atom is 0.252 e. The van der Waals surface area contributed by atoms with Crippen molar-refractivity contribution in [3.63, 3.8) is 0 Å². The number of rotatable bonds is 2. The summed E-state index contributed by atoms with van der Waals surface area (Å²) < 4.78 is 28.3. The third kappa shape index (κ3) is 2.17. The van der Waals surface area contributed by atoms with E-state index in [0.717, 1.165) is 16.6 Å². The summed E-state index contributed by atoms with van der Waals surface area (Å²) in [6, 6.07) is 3.77. The van der Waals surface area contributed by atoms with Crippen molar-refractivity contribution in [1.82, 2.24) is 4.31 Å². The Kier molecular flexibility index (Phi) is 3.55. The van der Waals surface area contributed by atoms with Crippen molar-refractivity contribution in [2.24, 2.45) is 5.92 Å². The van der Waals surface area contributed by atoms with Crippen molar-refractivity contribution in [2.75, 3.05) is 6.54 Å². The number of sulfonamides is 1. The van der Waals surface area contributed by atoms with E-state index in [1.54, 1.807) is 10.4 Å². The number of hydrogen-bond acceptors (Lipinski definition) is 3. The summed E-state index contributed by atoms with van der Waals surface area (Å²) in [6.45, 7) is 0.702. The fourth-order valence-corrected chi connectivity index (χ4v) is 7.08. The van der Waals surface area contributed by atoms with Crippen LogP contribution in [0.3, 0.4) is 0 Å². The summed E-state index contributed by atoms with van der Waals surface area (Å²) in [7, 11) is -3.27. The first-order valence-corrected chi connectivity index (χ1v) is 9.41. The molecule has 2 heterocycles. The van der Waals surface area contributed by atoms with Crippen LogP contribution >= 0.6 is 27.3 Å². The van der Waals surface area contributed by atoms with Crippen molar-refractivity contribution >= 4 is 37.3 Å². The molecule has 2 aliphatic rings. The molecule has 1 aromatic heterocycles. The zero-order valence-corrected chi connectivity index (χ0v) is 13.2. The normalized spacial score (nSPS) is 29.4. The molecular formula is C12H16BrNO2S2. The number of fused-ring (bicyclic) bond motifs is 1. The van der Waals surface area contributed by atoms with Crippen molar-refractivity contribution in [3.8, 4) is 0 Å². The maximum atomic E-state index is 12.6. The average molecular weight is 350 g/mol. The van der Waals surface area contributed by atoms with Crippen LogP contribution in [-0.4, -0.2) is 25.3 Å². The van der Waals surface area contributed by atoms with Gasteiger partial charge in [0.2, 0.25) is 0 Å². The van der Waals surface area contributed by atoms with Gasteiger partial charge in [0, 0.05) is 12.6 Å². The SMILES string of the molecule is O=S(=O)(c1ccc(Br)s1)N1CCC2CCCCC21. The standard InChI is InChI=1S/C12H16BrNO2S2/c13-11-5-6-12(17-11)18(15,16)14-8-7-9-3-1-2-4-10(9)14/h5-6,9-10H,1-4,7-8H2. The Morgan fingerprint density at radius 3 is 2.72 bits per heavy atom. The molecule has 3 rings (SSSR count). The molecule has 0 aromatic carbocycles. The first-order chi connectivity index (χ1) is 8.59. The highest BCUT2D eigenvalue weighted by molar-refractivity contribution is 9.11. The summed E-state index contributed by atoms with van der Waals surface area (Å²) in [5.74, 6) is 0.594. The van der Waals surface area contributed by atoms with Crippen LogP contribution in [0.4, 0.5) is 0 Å². The molecule has 100 valence electrons. The summed E-state index contributed by atoms with van der Waals surface area (Å²) in [5, 5.41) is 0. The molecule has 2 atom stereocenters. The van der Waals surface area contributed by atoms with Gasteiger partial charge in [0.1, 0.15) is 4.21 Å². The molecule has 1 aromatic rings. The van der Waals surface area contributed by atoms with Crippen molar-refractivity contribution in [1.29, 1.82) is 0 Å². The highest BCUT2D eigenvalue weighted by Crippen LogP contribution is 2.40. The molecule has 6 heteroatoms. The lowest BCUT2D eigenvalue weighted by atomic mass is 9.86. The molecule has 2 fully saturated rings. The summed E-state index contributed by atoms with van der Waals surface area (Å²) in [4.78, 5) is 0. The average Bonchev–Trinajstić information content (AvgIpc) is 2.95. The molecule has 1 saturated heterocycles. The largest absolute Gasteiger partial charge is 0.252 e. The zero-order chi connectivity index (χ0) is 12.8. The van der Waals surface area contributed by atoms with Crippen LogP contribution < -0.4 is 0 Å². The predicted octanol–water partition coefficient (Wildman–Crippen LogP) is 3.46. The molecule has 3 nitrogen and oxygen atoms in total. The molecule has 0 bridgehead atoms. The molecule has 2 unspecified atom stereocenters. The van der Waals surface area contributed by atoms with E-state index in [4.69, 9.17) is 0 Å². The highest BCUT2D eigenvalue weighted by Gasteiger charge is 2.42. The molecule has 18 heavy (non-hydrogen) atoms. The Bertz CT molecular complexity index is 540. The smallest absolute Gasteiger partial charge is 0.206 e. The van der Waals surface area contributed by atoms with E-state index >= 15 is 0 Å². The minimum absolute atomic E-state index is 0.254. The van der Waals surface area contributed by atoms with Gasteiger partial charge < -0.3 is 0 Å². The van der Waals surface area contributed by atoms with Gasteiger partial charge in [-0.2, -0.15) is 4.31 Å². The van der Waals surface area contributed by atoms with Crippen molar-refractivity contribution < 1.29 is 8.42 Å². The fourth-order valence-electron chi connectivity index (χ4n) is 3.21. The van der Waals surface area contributed by atoms with E-state index < -0.39 is 10.0 Å². The first-order valence-electron chi connectivity index (χ1n) is 6.36. The molecular weight excluding hydrogens is 334 g/mol. The third-order valence-electron chi connectivity index (χ3n) is 4.07. The summed E-state index contributed by atoms with van der Waals surface area (Å²) >= 11 is 4.65. The lowest BCUT2D eigenvalue weighted by Crippen LogP contribution is -2.38. The lowest BCUT2D eigenvalue weighted by Gasteiger charge is -2.30. The minimum atomic E-state index is -3.27. The van der Waals surface area contributed by atoms with Gasteiger partial charge in [-0.15, -0.1) is 11.3 Å². The van der Waals surface area contributed by atoms with Crippen LogP contribution in [0.15, 0.2) is 20.1 Å². The molecule has 1 aliphatic carbocycles. The fraction of sp³-hybridized carbons (Fsp3) is 0.667. The number of hydrogen-bond donors (Lipinski definition) is 0. The van der Waals surface area contributed by atoms with Gasteiger partial charge >= 0.3 is 0 Å². The number of nitrogens with zero attached hydrogens (tertiary/aromatic N) is 1. The number of thiophene rings is 1. The molecule has 0 N–H and O–H groups in total. The molecule has 0 amide bonds. The molecule has 0 radical (unpaired) electrons. The van der Waals surface area contributed by atoms with E-state index in [2.05, 4.69) is 15.9 Å². The van der Waals surface area contributed by atoms with E-state index in [1.807, 2.05) is 6.07 Å². The van der Waals surface area contributed by atoms with Crippen molar-refractivity contribution in [3.05, 3.63) is 15.9 Å². The molecule has 1 aliphatic heterocycles. The van der Waals surface area contributed by atoms with Crippen LogP contribution in [0, 0.1) is 5.92 Å². The summed E-state index contributed by atoms with van der Waals surface area (Å²) in [5.41, 5.74) is 0. The van der Waals surface area contributed by atoms with Gasteiger partial charge in [-0.25, -0.2) is 8.42 Å². The third-order valence-corrected chi connectivity index (χ3v) is 8.09.